The number of amides is 2. The number of carbonyl (C=O) groups excluding carboxylic acids is 2. The van der Waals surface area contributed by atoms with Crippen molar-refractivity contribution in [3.63, 3.8) is 0 Å². The van der Waals surface area contributed by atoms with Crippen LogP contribution in [0.2, 0.25) is 0 Å². The molecule has 0 spiro atoms. The molecular formula is C29H21N5O2Pd. The molecule has 7 nitrogen and oxygen atoms in total. The van der Waals surface area contributed by atoms with Crippen LogP contribution in [0.1, 0.15) is 33.5 Å². The van der Waals surface area contributed by atoms with E-state index in [1.807, 2.05) is 48.5 Å². The molecule has 37 heavy (non-hydrogen) atoms. The maximum atomic E-state index is 12.7. The summed E-state index contributed by atoms with van der Waals surface area (Å²) in [6.07, 6.45) is 0. The van der Waals surface area contributed by atoms with Gasteiger partial charge in [-0.2, -0.15) is 5.26 Å². The monoisotopic (exact) mass is 577 g/mol. The zero-order valence-corrected chi connectivity index (χ0v) is 21.4. The van der Waals surface area contributed by atoms with Crippen LogP contribution >= 0.6 is 0 Å². The number of nitrogens with zero attached hydrogens (tertiary/aromatic N) is 5. The molecule has 0 bridgehead atoms. The minimum atomic E-state index is -0.531. The van der Waals surface area contributed by atoms with Crippen LogP contribution in [0.25, 0.3) is 26.6 Å². The first kappa shape index (κ1) is 28.6. The van der Waals surface area contributed by atoms with Gasteiger partial charge >= 0.3 is 20.4 Å². The second-order valence-corrected chi connectivity index (χ2v) is 7.29. The van der Waals surface area contributed by atoms with Crippen LogP contribution in [-0.4, -0.2) is 16.8 Å². The molecule has 1 aromatic heterocycles. The average molecular weight is 578 g/mol. The molecule has 0 saturated carbocycles. The van der Waals surface area contributed by atoms with E-state index in [1.54, 1.807) is 42.5 Å². The number of aromatic nitrogens is 1. The third-order valence-electron chi connectivity index (χ3n) is 4.90. The van der Waals surface area contributed by atoms with Crippen molar-refractivity contribution in [2.24, 2.45) is 0 Å². The number of pyridine rings is 1. The Kier molecular flexibility index (Phi) is 11.4. The quantitative estimate of drug-likeness (QED) is 0.176. The standard InChI is InChI=1S/C27H20N4O2.C2H3N.Pd/c1-28-23-15-8-7-14-22(23)21-13-6-5-10-19(21)18-29-26(32)24-16-9-17-25(31-24)27(33)30-20-11-3-2-4-12-20;1-2-3;/h2-17H,18H2,(H2,29,30,32,33);1H3;/q;;+2/p-2. The van der Waals surface area contributed by atoms with Crippen molar-refractivity contribution in [3.05, 3.63) is 136 Å². The molecular weight excluding hydrogens is 557 g/mol. The second kappa shape index (κ2) is 14.7. The summed E-state index contributed by atoms with van der Waals surface area (Å²) >= 11 is 0. The van der Waals surface area contributed by atoms with Gasteiger partial charge in [-0.15, -0.1) is 12.2 Å². The molecule has 3 aromatic carbocycles. The predicted octanol–water partition coefficient (Wildman–Crippen LogP) is 7.39. The average Bonchev–Trinajstić information content (AvgIpc) is 2.93. The van der Waals surface area contributed by atoms with Gasteiger partial charge in [-0.3, -0.25) is 0 Å². The normalized spacial score (nSPS) is 9.27. The summed E-state index contributed by atoms with van der Waals surface area (Å²) in [5.74, 6) is -1.06. The van der Waals surface area contributed by atoms with E-state index in [0.717, 1.165) is 16.7 Å². The van der Waals surface area contributed by atoms with Gasteiger partial charge in [0.1, 0.15) is 11.8 Å². The number of nitriles is 1. The van der Waals surface area contributed by atoms with Gasteiger partial charge in [0.05, 0.1) is 24.0 Å². The molecule has 4 rings (SSSR count). The van der Waals surface area contributed by atoms with Crippen LogP contribution in [0.15, 0.2) is 97.1 Å². The first-order valence-corrected chi connectivity index (χ1v) is 10.9. The summed E-state index contributed by atoms with van der Waals surface area (Å²) in [5, 5.41) is 15.5. The van der Waals surface area contributed by atoms with E-state index >= 15 is 0 Å². The molecule has 1 heterocycles. The third kappa shape index (κ3) is 7.95. The Morgan fingerprint density at radius 3 is 2.08 bits per heavy atom. The van der Waals surface area contributed by atoms with Crippen LogP contribution in [0.4, 0.5) is 11.4 Å². The molecule has 0 aliphatic rings. The predicted molar refractivity (Wildman–Crippen MR) is 139 cm³/mol. The van der Waals surface area contributed by atoms with Crippen molar-refractivity contribution >= 4 is 23.2 Å². The van der Waals surface area contributed by atoms with Crippen molar-refractivity contribution in [1.82, 2.24) is 4.98 Å². The van der Waals surface area contributed by atoms with E-state index in [-0.39, 0.29) is 38.4 Å². The number of para-hydroxylation sites is 2. The summed E-state index contributed by atoms with van der Waals surface area (Å²) in [5.41, 5.74) is 3.65. The fraction of sp³-hybridized carbons (Fsp3) is 0.0690. The molecule has 0 fully saturated rings. The van der Waals surface area contributed by atoms with E-state index in [4.69, 9.17) is 11.8 Å². The van der Waals surface area contributed by atoms with E-state index in [0.29, 0.717) is 11.4 Å². The molecule has 0 atom stereocenters. The maximum absolute atomic E-state index is 12.7. The summed E-state index contributed by atoms with van der Waals surface area (Å²) in [6.45, 7) is 8.97. The van der Waals surface area contributed by atoms with Crippen molar-refractivity contribution in [3.8, 4) is 17.2 Å². The van der Waals surface area contributed by atoms with Crippen LogP contribution < -0.4 is 0 Å². The van der Waals surface area contributed by atoms with Gasteiger partial charge in [0, 0.05) is 6.92 Å². The molecule has 4 aromatic rings. The van der Waals surface area contributed by atoms with Gasteiger partial charge in [-0.1, -0.05) is 90.5 Å². The number of rotatable bonds is 6. The Morgan fingerprint density at radius 2 is 1.41 bits per heavy atom. The molecule has 0 radical (unpaired) electrons. The number of benzene rings is 3. The fourth-order valence-corrected chi connectivity index (χ4v) is 3.31. The van der Waals surface area contributed by atoms with Crippen molar-refractivity contribution in [1.29, 1.82) is 5.26 Å². The summed E-state index contributed by atoms with van der Waals surface area (Å²) in [4.78, 5) is 32.9. The van der Waals surface area contributed by atoms with Gasteiger partial charge in [-0.25, -0.2) is 9.83 Å². The molecule has 0 saturated heterocycles. The Morgan fingerprint density at radius 1 is 0.838 bits per heavy atom. The first-order valence-electron chi connectivity index (χ1n) is 10.9. The number of carbonyl (C=O) groups is 2. The molecule has 0 aliphatic heterocycles. The van der Waals surface area contributed by atoms with E-state index in [2.05, 4.69) is 20.5 Å². The molecule has 2 amide bonds. The van der Waals surface area contributed by atoms with Crippen molar-refractivity contribution in [2.45, 2.75) is 13.5 Å². The number of hydrogen-bond acceptors (Lipinski definition) is 4. The molecule has 0 aliphatic carbocycles. The van der Waals surface area contributed by atoms with Gasteiger partial charge in [-0.05, 0) is 23.3 Å². The summed E-state index contributed by atoms with van der Waals surface area (Å²) in [6, 6.07) is 30.1. The Balaban J connectivity index is 0.00000115. The van der Waals surface area contributed by atoms with Crippen LogP contribution in [0, 0.1) is 17.9 Å². The van der Waals surface area contributed by atoms with E-state index in [1.165, 1.54) is 19.1 Å². The van der Waals surface area contributed by atoms with Crippen LogP contribution in [0.3, 0.4) is 0 Å². The Bertz CT molecular complexity index is 1440. The number of hydrogen-bond donors (Lipinski definition) is 0. The zero-order chi connectivity index (χ0) is 25.8. The van der Waals surface area contributed by atoms with Crippen molar-refractivity contribution < 1.29 is 30.0 Å². The smallest absolute Gasteiger partial charge is 0.644 e. The largest absolute Gasteiger partial charge is 2.00 e. The fourth-order valence-electron chi connectivity index (χ4n) is 3.31. The topological polar surface area (TPSA) is 103 Å². The first-order chi connectivity index (χ1) is 17.6. The molecule has 8 heteroatoms. The van der Waals surface area contributed by atoms with Crippen LogP contribution in [0.5, 0.6) is 0 Å². The minimum absolute atomic E-state index is 0. The minimum Gasteiger partial charge on any atom is -0.644 e. The zero-order valence-electron chi connectivity index (χ0n) is 19.8. The molecule has 0 N–H and O–H groups in total. The summed E-state index contributed by atoms with van der Waals surface area (Å²) in [7, 11) is 0. The SMILES string of the molecule is CC#N.[C-]#[N+]c1ccccc1-c1ccccc1C[N-]C(=O)c1cccc(C(=O)[N-]c2ccccc2)n1.[Pd+2]. The van der Waals surface area contributed by atoms with Gasteiger partial charge in [0.25, 0.3) is 0 Å². The van der Waals surface area contributed by atoms with Crippen LogP contribution in [-0.2, 0) is 27.0 Å². The van der Waals surface area contributed by atoms with E-state index in [9.17, 15) is 9.59 Å². The van der Waals surface area contributed by atoms with Gasteiger partial charge in [0.2, 0.25) is 0 Å². The Labute approximate surface area is 229 Å². The third-order valence-corrected chi connectivity index (χ3v) is 4.90. The van der Waals surface area contributed by atoms with E-state index < -0.39 is 11.8 Å². The molecule has 184 valence electrons. The Hall–Kier alpha value is -4.61. The maximum Gasteiger partial charge on any atom is 2.00 e. The van der Waals surface area contributed by atoms with Crippen molar-refractivity contribution in [2.75, 3.05) is 0 Å². The van der Waals surface area contributed by atoms with Gasteiger partial charge in [0.15, 0.2) is 5.69 Å². The molecule has 0 unspecified atom stereocenters. The van der Waals surface area contributed by atoms with Gasteiger partial charge < -0.3 is 20.2 Å². The summed E-state index contributed by atoms with van der Waals surface area (Å²) < 4.78 is 0. The second-order valence-electron chi connectivity index (χ2n) is 7.29.